The molecule has 1 atom stereocenters. The van der Waals surface area contributed by atoms with Crippen LogP contribution in [0.5, 0.6) is 17.2 Å². The zero-order valence-electron chi connectivity index (χ0n) is 12.2. The predicted molar refractivity (Wildman–Crippen MR) is 78.1 cm³/mol. The molecule has 5 nitrogen and oxygen atoms in total. The fourth-order valence-electron chi connectivity index (χ4n) is 2.14. The minimum absolute atomic E-state index is 0.00158. The molecule has 0 saturated heterocycles. The van der Waals surface area contributed by atoms with Crippen LogP contribution in [0.2, 0.25) is 0 Å². The van der Waals surface area contributed by atoms with E-state index in [-0.39, 0.29) is 12.3 Å². The Morgan fingerprint density at radius 1 is 1.12 bits per heavy atom. The van der Waals surface area contributed by atoms with Crippen molar-refractivity contribution < 1.29 is 32.2 Å². The molecule has 0 aromatic heterocycles. The van der Waals surface area contributed by atoms with E-state index in [0.717, 1.165) is 12.1 Å². The van der Waals surface area contributed by atoms with E-state index in [4.69, 9.17) is 9.47 Å². The highest BCUT2D eigenvalue weighted by Gasteiger charge is 2.31. The van der Waals surface area contributed by atoms with Gasteiger partial charge in [0.2, 0.25) is 6.10 Å². The molecule has 1 aliphatic heterocycles. The van der Waals surface area contributed by atoms with Gasteiger partial charge in [0.1, 0.15) is 12.4 Å². The van der Waals surface area contributed by atoms with E-state index in [9.17, 15) is 18.0 Å². The van der Waals surface area contributed by atoms with Gasteiger partial charge in [-0.1, -0.05) is 18.2 Å². The van der Waals surface area contributed by atoms with E-state index in [1.807, 2.05) is 0 Å². The predicted octanol–water partition coefficient (Wildman–Crippen LogP) is 3.36. The summed E-state index contributed by atoms with van der Waals surface area (Å²) in [6.07, 6.45) is -5.71. The van der Waals surface area contributed by atoms with Crippen LogP contribution in [0.15, 0.2) is 48.5 Å². The molecule has 0 saturated carbocycles. The monoisotopic (exact) mass is 339 g/mol. The van der Waals surface area contributed by atoms with Crippen molar-refractivity contribution in [1.29, 1.82) is 0 Å². The molecular weight excluding hydrogens is 327 g/mol. The number of halogens is 3. The van der Waals surface area contributed by atoms with Crippen molar-refractivity contribution in [3.05, 3.63) is 48.5 Å². The third kappa shape index (κ3) is 3.89. The normalized spacial score (nSPS) is 16.4. The fourth-order valence-corrected chi connectivity index (χ4v) is 2.14. The molecule has 0 fully saturated rings. The Kier molecular flexibility index (Phi) is 4.20. The van der Waals surface area contributed by atoms with Gasteiger partial charge in [0.05, 0.1) is 0 Å². The van der Waals surface area contributed by atoms with Gasteiger partial charge in [-0.15, -0.1) is 13.2 Å². The van der Waals surface area contributed by atoms with Crippen LogP contribution in [0.1, 0.15) is 0 Å². The maximum absolute atomic E-state index is 12.2. The van der Waals surface area contributed by atoms with E-state index in [1.165, 1.54) is 12.1 Å². The number of hydrogen-bond donors (Lipinski definition) is 1. The van der Waals surface area contributed by atoms with Gasteiger partial charge >= 0.3 is 6.36 Å². The third-order valence-electron chi connectivity index (χ3n) is 3.14. The number of amides is 1. The summed E-state index contributed by atoms with van der Waals surface area (Å²) in [6.45, 7) is 0.00158. The number of anilines is 1. The van der Waals surface area contributed by atoms with Crippen molar-refractivity contribution in [3.8, 4) is 17.2 Å². The molecule has 1 unspecified atom stereocenters. The second-order valence-corrected chi connectivity index (χ2v) is 4.93. The van der Waals surface area contributed by atoms with Crippen LogP contribution in [0.25, 0.3) is 0 Å². The summed E-state index contributed by atoms with van der Waals surface area (Å²) in [5, 5.41) is 2.48. The van der Waals surface area contributed by atoms with Crippen LogP contribution >= 0.6 is 0 Å². The molecule has 2 aromatic carbocycles. The van der Waals surface area contributed by atoms with Gasteiger partial charge in [-0.05, 0) is 24.3 Å². The molecule has 8 heteroatoms. The van der Waals surface area contributed by atoms with Gasteiger partial charge in [-0.3, -0.25) is 4.79 Å². The van der Waals surface area contributed by atoms with Gasteiger partial charge < -0.3 is 19.5 Å². The molecule has 0 spiro atoms. The molecular formula is C16H12F3NO4. The summed E-state index contributed by atoms with van der Waals surface area (Å²) in [5.41, 5.74) is 0.157. The van der Waals surface area contributed by atoms with Crippen molar-refractivity contribution in [2.24, 2.45) is 0 Å². The van der Waals surface area contributed by atoms with Crippen LogP contribution in [0, 0.1) is 0 Å². The van der Waals surface area contributed by atoms with Crippen molar-refractivity contribution in [1.82, 2.24) is 0 Å². The quantitative estimate of drug-likeness (QED) is 0.932. The first-order valence-corrected chi connectivity index (χ1v) is 6.96. The van der Waals surface area contributed by atoms with E-state index >= 15 is 0 Å². The van der Waals surface area contributed by atoms with E-state index in [1.54, 1.807) is 24.3 Å². The minimum atomic E-state index is -4.80. The lowest BCUT2D eigenvalue weighted by molar-refractivity contribution is -0.274. The molecule has 0 aliphatic carbocycles. The van der Waals surface area contributed by atoms with Crippen LogP contribution < -0.4 is 19.5 Å². The van der Waals surface area contributed by atoms with Crippen LogP contribution in [0.4, 0.5) is 18.9 Å². The number of hydrogen-bond acceptors (Lipinski definition) is 4. The Hall–Kier alpha value is -2.90. The second-order valence-electron chi connectivity index (χ2n) is 4.93. The molecule has 0 bridgehead atoms. The second kappa shape index (κ2) is 6.31. The highest BCUT2D eigenvalue weighted by atomic mass is 19.4. The molecule has 1 aliphatic rings. The van der Waals surface area contributed by atoms with Crippen molar-refractivity contribution >= 4 is 11.6 Å². The first kappa shape index (κ1) is 16.0. The van der Waals surface area contributed by atoms with Crippen molar-refractivity contribution in [3.63, 3.8) is 0 Å². The van der Waals surface area contributed by atoms with Crippen molar-refractivity contribution in [2.75, 3.05) is 11.9 Å². The SMILES string of the molecule is O=C(Nc1cccc(OC(F)(F)F)c1)C1COc2ccccc2O1. The van der Waals surface area contributed by atoms with Gasteiger partial charge in [0.25, 0.3) is 5.91 Å². The Bertz CT molecular complexity index is 748. The number of benzene rings is 2. The topological polar surface area (TPSA) is 56.8 Å². The fraction of sp³-hybridized carbons (Fsp3) is 0.188. The Morgan fingerprint density at radius 2 is 1.88 bits per heavy atom. The average Bonchev–Trinajstić information content (AvgIpc) is 2.53. The van der Waals surface area contributed by atoms with E-state index in [2.05, 4.69) is 10.1 Å². The number of alkyl halides is 3. The number of nitrogens with one attached hydrogen (secondary N) is 1. The maximum atomic E-state index is 12.2. The maximum Gasteiger partial charge on any atom is 0.573 e. The molecule has 0 radical (unpaired) electrons. The summed E-state index contributed by atoms with van der Waals surface area (Å²) in [7, 11) is 0. The highest BCUT2D eigenvalue weighted by molar-refractivity contribution is 5.94. The van der Waals surface area contributed by atoms with E-state index < -0.39 is 24.1 Å². The largest absolute Gasteiger partial charge is 0.573 e. The number of rotatable bonds is 3. The summed E-state index contributed by atoms with van der Waals surface area (Å²) >= 11 is 0. The standard InChI is InChI=1S/C16H12F3NO4/c17-16(18,19)24-11-5-3-4-10(8-11)20-15(21)14-9-22-12-6-1-2-7-13(12)23-14/h1-8,14H,9H2,(H,20,21). The third-order valence-corrected chi connectivity index (χ3v) is 3.14. The Morgan fingerprint density at radius 3 is 2.62 bits per heavy atom. The van der Waals surface area contributed by atoms with Crippen molar-refractivity contribution in [2.45, 2.75) is 12.5 Å². The molecule has 1 amide bonds. The summed E-state index contributed by atoms with van der Waals surface area (Å²) in [5.74, 6) is 0.000278. The summed E-state index contributed by atoms with van der Waals surface area (Å²) < 4.78 is 51.4. The molecule has 1 N–H and O–H groups in total. The zero-order chi connectivity index (χ0) is 17.2. The molecule has 24 heavy (non-hydrogen) atoms. The van der Waals surface area contributed by atoms with Crippen LogP contribution in [0.3, 0.4) is 0 Å². The van der Waals surface area contributed by atoms with Gasteiger partial charge in [0.15, 0.2) is 11.5 Å². The smallest absolute Gasteiger partial charge is 0.485 e. The number of carbonyl (C=O) groups is 1. The summed E-state index contributed by atoms with van der Waals surface area (Å²) in [6, 6.07) is 11.9. The number of para-hydroxylation sites is 2. The van der Waals surface area contributed by atoms with Gasteiger partial charge in [-0.25, -0.2) is 0 Å². The number of carbonyl (C=O) groups excluding carboxylic acids is 1. The van der Waals surface area contributed by atoms with Gasteiger partial charge in [0, 0.05) is 11.8 Å². The summed E-state index contributed by atoms with van der Waals surface area (Å²) in [4.78, 5) is 12.2. The lowest BCUT2D eigenvalue weighted by Gasteiger charge is -2.25. The highest BCUT2D eigenvalue weighted by Crippen LogP contribution is 2.31. The van der Waals surface area contributed by atoms with Crippen LogP contribution in [-0.4, -0.2) is 25.0 Å². The first-order chi connectivity index (χ1) is 11.4. The van der Waals surface area contributed by atoms with Crippen LogP contribution in [-0.2, 0) is 4.79 Å². The molecule has 1 heterocycles. The first-order valence-electron chi connectivity index (χ1n) is 6.96. The molecule has 126 valence electrons. The Labute approximate surface area is 134 Å². The van der Waals surface area contributed by atoms with E-state index in [0.29, 0.717) is 11.5 Å². The average molecular weight is 339 g/mol. The minimum Gasteiger partial charge on any atom is -0.485 e. The number of ether oxygens (including phenoxy) is 3. The molecule has 2 aromatic rings. The lowest BCUT2D eigenvalue weighted by Crippen LogP contribution is -2.40. The lowest BCUT2D eigenvalue weighted by atomic mass is 10.2. The van der Waals surface area contributed by atoms with Gasteiger partial charge in [-0.2, -0.15) is 0 Å². The Balaban J connectivity index is 1.66. The zero-order valence-corrected chi connectivity index (χ0v) is 12.2. The molecule has 3 rings (SSSR count). The number of fused-ring (bicyclic) bond motifs is 1.